The summed E-state index contributed by atoms with van der Waals surface area (Å²) in [6.07, 6.45) is 3.38. The van der Waals surface area contributed by atoms with Crippen LogP contribution in [0.15, 0.2) is 24.5 Å². The summed E-state index contributed by atoms with van der Waals surface area (Å²) in [7, 11) is 0. The number of carbonyl (C=O) groups excluding carboxylic acids is 1. The highest BCUT2D eigenvalue weighted by atomic mass is 16.5. The van der Waals surface area contributed by atoms with Gasteiger partial charge >= 0.3 is 0 Å². The van der Waals surface area contributed by atoms with Crippen molar-refractivity contribution in [1.29, 1.82) is 0 Å². The number of aryl methyl sites for hydroxylation is 1. The summed E-state index contributed by atoms with van der Waals surface area (Å²) in [6, 6.07) is 3.28. The highest BCUT2D eigenvalue weighted by molar-refractivity contribution is 5.96. The molecule has 1 aromatic heterocycles. The van der Waals surface area contributed by atoms with Crippen molar-refractivity contribution in [2.75, 3.05) is 17.7 Å². The molecule has 1 aromatic carbocycles. The van der Waals surface area contributed by atoms with E-state index in [1.54, 1.807) is 29.2 Å². The first-order chi connectivity index (χ1) is 9.65. The van der Waals surface area contributed by atoms with Gasteiger partial charge in [-0.25, -0.2) is 0 Å². The predicted molar refractivity (Wildman–Crippen MR) is 73.0 cm³/mol. The van der Waals surface area contributed by atoms with Crippen LogP contribution < -0.4 is 20.5 Å². The maximum atomic E-state index is 11.3. The third kappa shape index (κ3) is 2.25. The number of fused-ring (bicyclic) bond motifs is 1. The van der Waals surface area contributed by atoms with Gasteiger partial charge in [0.1, 0.15) is 5.75 Å². The Labute approximate surface area is 115 Å². The van der Waals surface area contributed by atoms with Gasteiger partial charge in [-0.3, -0.25) is 9.48 Å². The van der Waals surface area contributed by atoms with E-state index in [0.29, 0.717) is 28.6 Å². The van der Waals surface area contributed by atoms with E-state index in [4.69, 9.17) is 15.2 Å². The average molecular weight is 274 g/mol. The molecule has 3 N–H and O–H groups in total. The van der Waals surface area contributed by atoms with Crippen molar-refractivity contribution in [2.24, 2.45) is 0 Å². The maximum absolute atomic E-state index is 11.3. The first-order valence-corrected chi connectivity index (χ1v) is 6.22. The predicted octanol–water partition coefficient (Wildman–Crippen LogP) is 1.61. The van der Waals surface area contributed by atoms with Gasteiger partial charge in [0.25, 0.3) is 5.91 Å². The molecule has 0 fully saturated rings. The standard InChI is InChI=1S/C13H14N4O3/c1-2-17-6-8(5-15-17)20-11-4-10-12(3-9(11)14)19-7-13(18)16-10/h3-6H,2,7,14H2,1H3,(H,16,18). The molecule has 0 spiro atoms. The minimum Gasteiger partial charge on any atom is -0.481 e. The number of nitrogens with zero attached hydrogens (tertiary/aromatic N) is 2. The number of hydrogen-bond donors (Lipinski definition) is 2. The largest absolute Gasteiger partial charge is 0.481 e. The van der Waals surface area contributed by atoms with Crippen LogP contribution in [0.2, 0.25) is 0 Å². The molecule has 0 atom stereocenters. The lowest BCUT2D eigenvalue weighted by molar-refractivity contribution is -0.118. The summed E-state index contributed by atoms with van der Waals surface area (Å²) in [5.41, 5.74) is 6.91. The van der Waals surface area contributed by atoms with E-state index in [1.807, 2.05) is 6.92 Å². The summed E-state index contributed by atoms with van der Waals surface area (Å²) in [4.78, 5) is 11.3. The molecule has 104 valence electrons. The maximum Gasteiger partial charge on any atom is 0.262 e. The molecular weight excluding hydrogens is 260 g/mol. The molecule has 1 aliphatic rings. The molecule has 0 saturated heterocycles. The number of benzene rings is 1. The Morgan fingerprint density at radius 2 is 2.40 bits per heavy atom. The van der Waals surface area contributed by atoms with Crippen LogP contribution >= 0.6 is 0 Å². The lowest BCUT2D eigenvalue weighted by atomic mass is 10.2. The Kier molecular flexibility index (Phi) is 2.94. The Hall–Kier alpha value is -2.70. The summed E-state index contributed by atoms with van der Waals surface area (Å²) < 4.78 is 12.7. The van der Waals surface area contributed by atoms with E-state index in [9.17, 15) is 4.79 Å². The summed E-state index contributed by atoms with van der Waals surface area (Å²) in [5, 5.41) is 6.83. The van der Waals surface area contributed by atoms with E-state index in [-0.39, 0.29) is 12.5 Å². The monoisotopic (exact) mass is 274 g/mol. The van der Waals surface area contributed by atoms with E-state index < -0.39 is 0 Å². The van der Waals surface area contributed by atoms with Gasteiger partial charge in [0.15, 0.2) is 18.1 Å². The third-order valence-corrected chi connectivity index (χ3v) is 2.91. The smallest absolute Gasteiger partial charge is 0.262 e. The average Bonchev–Trinajstić information content (AvgIpc) is 2.88. The molecule has 7 nitrogen and oxygen atoms in total. The van der Waals surface area contributed by atoms with Crippen molar-refractivity contribution in [3.8, 4) is 17.2 Å². The number of carbonyl (C=O) groups is 1. The van der Waals surface area contributed by atoms with Gasteiger partial charge in [-0.05, 0) is 6.92 Å². The van der Waals surface area contributed by atoms with Crippen LogP contribution in [0.5, 0.6) is 17.2 Å². The van der Waals surface area contributed by atoms with Crippen molar-refractivity contribution >= 4 is 17.3 Å². The lowest BCUT2D eigenvalue weighted by Crippen LogP contribution is -2.25. The van der Waals surface area contributed by atoms with E-state index in [1.165, 1.54) is 0 Å². The molecule has 1 amide bonds. The number of hydrogen-bond acceptors (Lipinski definition) is 5. The van der Waals surface area contributed by atoms with E-state index >= 15 is 0 Å². The van der Waals surface area contributed by atoms with Crippen LogP contribution in [0.1, 0.15) is 6.92 Å². The molecular formula is C13H14N4O3. The molecule has 0 saturated carbocycles. The lowest BCUT2D eigenvalue weighted by Gasteiger charge is -2.19. The van der Waals surface area contributed by atoms with Gasteiger partial charge in [0.05, 0.1) is 23.8 Å². The van der Waals surface area contributed by atoms with Crippen molar-refractivity contribution in [1.82, 2.24) is 9.78 Å². The SMILES string of the molecule is CCn1cc(Oc2cc3c(cc2N)OCC(=O)N3)cn1. The first kappa shape index (κ1) is 12.3. The molecule has 2 heterocycles. The summed E-state index contributed by atoms with van der Waals surface area (Å²) >= 11 is 0. The Morgan fingerprint density at radius 1 is 1.55 bits per heavy atom. The van der Waals surface area contributed by atoms with Crippen LogP contribution in [0.3, 0.4) is 0 Å². The quantitative estimate of drug-likeness (QED) is 0.830. The van der Waals surface area contributed by atoms with Gasteiger partial charge in [0, 0.05) is 18.7 Å². The van der Waals surface area contributed by atoms with E-state index in [2.05, 4.69) is 10.4 Å². The zero-order chi connectivity index (χ0) is 14.1. The van der Waals surface area contributed by atoms with Crippen LogP contribution in [0, 0.1) is 0 Å². The zero-order valence-corrected chi connectivity index (χ0v) is 10.9. The number of ether oxygens (including phenoxy) is 2. The fourth-order valence-corrected chi connectivity index (χ4v) is 1.91. The first-order valence-electron chi connectivity index (χ1n) is 6.22. The van der Waals surface area contributed by atoms with Crippen molar-refractivity contribution in [3.63, 3.8) is 0 Å². The van der Waals surface area contributed by atoms with E-state index in [0.717, 1.165) is 6.54 Å². The zero-order valence-electron chi connectivity index (χ0n) is 10.9. The Balaban J connectivity index is 1.89. The number of nitrogen functional groups attached to an aromatic ring is 1. The van der Waals surface area contributed by atoms with Gasteiger partial charge in [-0.15, -0.1) is 0 Å². The Bertz CT molecular complexity index is 666. The van der Waals surface area contributed by atoms with Crippen LogP contribution in [-0.4, -0.2) is 22.3 Å². The van der Waals surface area contributed by atoms with Crippen LogP contribution in [0.4, 0.5) is 11.4 Å². The molecule has 7 heteroatoms. The summed E-state index contributed by atoms with van der Waals surface area (Å²) in [5.74, 6) is 1.37. The highest BCUT2D eigenvalue weighted by Crippen LogP contribution is 2.38. The molecule has 3 rings (SSSR count). The summed E-state index contributed by atoms with van der Waals surface area (Å²) in [6.45, 7) is 2.74. The molecule has 0 aliphatic carbocycles. The van der Waals surface area contributed by atoms with Crippen LogP contribution in [-0.2, 0) is 11.3 Å². The van der Waals surface area contributed by atoms with Crippen molar-refractivity contribution in [2.45, 2.75) is 13.5 Å². The number of amides is 1. The van der Waals surface area contributed by atoms with Gasteiger partial charge < -0.3 is 20.5 Å². The van der Waals surface area contributed by atoms with Crippen molar-refractivity contribution < 1.29 is 14.3 Å². The number of rotatable bonds is 3. The minimum atomic E-state index is -0.202. The topological polar surface area (TPSA) is 91.4 Å². The molecule has 2 aromatic rings. The fraction of sp³-hybridized carbons (Fsp3) is 0.231. The second-order valence-corrected chi connectivity index (χ2v) is 4.36. The van der Waals surface area contributed by atoms with Crippen molar-refractivity contribution in [3.05, 3.63) is 24.5 Å². The molecule has 1 aliphatic heterocycles. The Morgan fingerprint density at radius 3 is 3.15 bits per heavy atom. The van der Waals surface area contributed by atoms with Gasteiger partial charge in [-0.2, -0.15) is 5.10 Å². The fourth-order valence-electron chi connectivity index (χ4n) is 1.91. The molecule has 0 unspecified atom stereocenters. The van der Waals surface area contributed by atoms with Gasteiger partial charge in [-0.1, -0.05) is 0 Å². The minimum absolute atomic E-state index is 0.00405. The second-order valence-electron chi connectivity index (χ2n) is 4.36. The number of aromatic nitrogens is 2. The second kappa shape index (κ2) is 4.76. The van der Waals surface area contributed by atoms with Gasteiger partial charge in [0.2, 0.25) is 0 Å². The third-order valence-electron chi connectivity index (χ3n) is 2.91. The molecule has 20 heavy (non-hydrogen) atoms. The molecule has 0 radical (unpaired) electrons. The normalized spacial score (nSPS) is 13.3. The highest BCUT2D eigenvalue weighted by Gasteiger charge is 2.18. The molecule has 0 bridgehead atoms. The number of nitrogens with two attached hydrogens (primary N) is 1. The van der Waals surface area contributed by atoms with Crippen LogP contribution in [0.25, 0.3) is 0 Å². The number of anilines is 2. The number of nitrogens with one attached hydrogen (secondary N) is 1.